The minimum atomic E-state index is -1.06. The summed E-state index contributed by atoms with van der Waals surface area (Å²) in [4.78, 5) is 28.7. The lowest BCUT2D eigenvalue weighted by Crippen LogP contribution is -2.57. The minimum Gasteiger partial charge on any atom is -0.493 e. The molecule has 4 rings (SSSR count). The third-order valence-electron chi connectivity index (χ3n) is 8.26. The average Bonchev–Trinajstić information content (AvgIpc) is 2.91. The number of hydrogen-bond donors (Lipinski definition) is 4. The van der Waals surface area contributed by atoms with Gasteiger partial charge in [-0.1, -0.05) is 25.7 Å². The topological polar surface area (TPSA) is 129 Å². The molecule has 3 aliphatic rings. The molecule has 0 spiro atoms. The summed E-state index contributed by atoms with van der Waals surface area (Å²) in [5, 5.41) is 33.3. The van der Waals surface area contributed by atoms with Gasteiger partial charge < -0.3 is 35.0 Å². The molecule has 0 aliphatic heterocycles. The van der Waals surface area contributed by atoms with Gasteiger partial charge >= 0.3 is 0 Å². The number of nitrogens with zero attached hydrogens (tertiary/aromatic N) is 1. The standard InChI is InChI=1S/C29H41IN2O7/c1-38-25-13-19(17-34)12-22(30)27(25)39-24-15-21(28(36)31-10-11-33)14-23(26(24)35)32(29(37)20-8-5-9-20)16-18-6-3-2-4-7-18/h12-13,15,18,20,23-24,26,33-35H,2-11,14,16-17H2,1H3,(H,31,36). The molecular formula is C29H41IN2O7. The van der Waals surface area contributed by atoms with Crippen molar-refractivity contribution in [1.82, 2.24) is 10.2 Å². The number of methoxy groups -OCH3 is 1. The van der Waals surface area contributed by atoms with Crippen molar-refractivity contribution < 1.29 is 34.4 Å². The molecule has 3 atom stereocenters. The van der Waals surface area contributed by atoms with E-state index in [0.29, 0.717) is 38.7 Å². The van der Waals surface area contributed by atoms with E-state index >= 15 is 0 Å². The maximum atomic E-state index is 13.8. The fourth-order valence-electron chi connectivity index (χ4n) is 5.82. The molecule has 4 N–H and O–H groups in total. The number of halogens is 1. The molecule has 2 saturated carbocycles. The Morgan fingerprint density at radius 3 is 2.46 bits per heavy atom. The summed E-state index contributed by atoms with van der Waals surface area (Å²) in [6, 6.07) is 2.84. The lowest BCUT2D eigenvalue weighted by molar-refractivity contribution is -0.146. The van der Waals surface area contributed by atoms with Crippen LogP contribution in [0.5, 0.6) is 11.5 Å². The molecule has 216 valence electrons. The van der Waals surface area contributed by atoms with E-state index in [4.69, 9.17) is 9.47 Å². The summed E-state index contributed by atoms with van der Waals surface area (Å²) < 4.78 is 12.6. The number of rotatable bonds is 11. The number of aliphatic hydroxyl groups excluding tert-OH is 3. The highest BCUT2D eigenvalue weighted by Gasteiger charge is 2.43. The van der Waals surface area contributed by atoms with Crippen LogP contribution in [-0.2, 0) is 16.2 Å². The Morgan fingerprint density at radius 2 is 1.85 bits per heavy atom. The molecule has 1 aromatic rings. The molecule has 2 amide bonds. The van der Waals surface area contributed by atoms with Crippen LogP contribution in [-0.4, -0.2) is 77.1 Å². The Hall–Kier alpha value is -1.89. The van der Waals surface area contributed by atoms with E-state index in [1.165, 1.54) is 13.5 Å². The van der Waals surface area contributed by atoms with Gasteiger partial charge in [-0.05, 0) is 78.0 Å². The third kappa shape index (κ3) is 7.25. The van der Waals surface area contributed by atoms with Crippen molar-refractivity contribution in [3.8, 4) is 11.5 Å². The molecule has 0 bridgehead atoms. The van der Waals surface area contributed by atoms with Crippen molar-refractivity contribution in [2.45, 2.75) is 82.6 Å². The van der Waals surface area contributed by atoms with Crippen LogP contribution in [0.2, 0.25) is 0 Å². The first-order valence-electron chi connectivity index (χ1n) is 14.1. The van der Waals surface area contributed by atoms with Crippen molar-refractivity contribution in [3.63, 3.8) is 0 Å². The molecule has 0 saturated heterocycles. The second-order valence-corrected chi connectivity index (χ2v) is 12.1. The fraction of sp³-hybridized carbons (Fsp3) is 0.655. The van der Waals surface area contributed by atoms with E-state index in [2.05, 4.69) is 27.9 Å². The van der Waals surface area contributed by atoms with Crippen LogP contribution in [0.1, 0.15) is 63.4 Å². The number of amides is 2. The van der Waals surface area contributed by atoms with Crippen LogP contribution in [0.15, 0.2) is 23.8 Å². The first kappa shape index (κ1) is 30.1. The van der Waals surface area contributed by atoms with E-state index < -0.39 is 18.2 Å². The van der Waals surface area contributed by atoms with Gasteiger partial charge in [-0.3, -0.25) is 9.59 Å². The monoisotopic (exact) mass is 656 g/mol. The first-order valence-corrected chi connectivity index (χ1v) is 15.2. The van der Waals surface area contributed by atoms with E-state index in [1.54, 1.807) is 18.2 Å². The first-order chi connectivity index (χ1) is 18.9. The summed E-state index contributed by atoms with van der Waals surface area (Å²) in [6.07, 6.45) is 8.21. The smallest absolute Gasteiger partial charge is 0.247 e. The number of carbonyl (C=O) groups excluding carboxylic acids is 2. The minimum absolute atomic E-state index is 0.0372. The van der Waals surface area contributed by atoms with Gasteiger partial charge in [0, 0.05) is 31.0 Å². The number of nitrogens with one attached hydrogen (secondary N) is 1. The Balaban J connectivity index is 1.67. The molecule has 3 unspecified atom stereocenters. The van der Waals surface area contributed by atoms with Gasteiger partial charge in [-0.15, -0.1) is 0 Å². The highest BCUT2D eigenvalue weighted by molar-refractivity contribution is 14.1. The van der Waals surface area contributed by atoms with Gasteiger partial charge in [-0.25, -0.2) is 0 Å². The van der Waals surface area contributed by atoms with Crippen molar-refractivity contribution >= 4 is 34.4 Å². The lowest BCUT2D eigenvalue weighted by Gasteiger charge is -2.44. The molecule has 39 heavy (non-hydrogen) atoms. The largest absolute Gasteiger partial charge is 0.493 e. The summed E-state index contributed by atoms with van der Waals surface area (Å²) in [7, 11) is 1.51. The molecular weight excluding hydrogens is 615 g/mol. The van der Waals surface area contributed by atoms with Crippen LogP contribution in [0.25, 0.3) is 0 Å². The zero-order chi connectivity index (χ0) is 27.9. The predicted molar refractivity (Wildman–Crippen MR) is 154 cm³/mol. The second-order valence-electron chi connectivity index (χ2n) is 10.9. The summed E-state index contributed by atoms with van der Waals surface area (Å²) in [5.41, 5.74) is 1.08. The zero-order valence-electron chi connectivity index (χ0n) is 22.6. The van der Waals surface area contributed by atoms with Crippen LogP contribution in [0.4, 0.5) is 0 Å². The molecule has 9 nitrogen and oxygen atoms in total. The Kier molecular flexibility index (Phi) is 10.9. The quantitative estimate of drug-likeness (QED) is 0.270. The number of carbonyl (C=O) groups is 2. The molecule has 1 aromatic carbocycles. The van der Waals surface area contributed by atoms with Crippen LogP contribution in [0, 0.1) is 15.4 Å². The molecule has 0 aromatic heterocycles. The third-order valence-corrected chi connectivity index (χ3v) is 9.06. The van der Waals surface area contributed by atoms with Crippen molar-refractivity contribution in [2.75, 3.05) is 26.8 Å². The van der Waals surface area contributed by atoms with Gasteiger partial charge in [0.15, 0.2) is 11.5 Å². The van der Waals surface area contributed by atoms with E-state index in [0.717, 1.165) is 44.9 Å². The van der Waals surface area contributed by atoms with Crippen LogP contribution in [0.3, 0.4) is 0 Å². The van der Waals surface area contributed by atoms with Crippen LogP contribution >= 0.6 is 22.6 Å². The van der Waals surface area contributed by atoms with E-state index in [9.17, 15) is 24.9 Å². The Labute approximate surface area is 244 Å². The van der Waals surface area contributed by atoms with Gasteiger partial charge in [0.2, 0.25) is 11.8 Å². The molecule has 10 heteroatoms. The normalized spacial score (nSPS) is 23.9. The van der Waals surface area contributed by atoms with E-state index in [-0.39, 0.29) is 43.9 Å². The van der Waals surface area contributed by atoms with Crippen LogP contribution < -0.4 is 14.8 Å². The highest BCUT2D eigenvalue weighted by atomic mass is 127. The zero-order valence-corrected chi connectivity index (χ0v) is 24.8. The van der Waals surface area contributed by atoms with Gasteiger partial charge in [0.25, 0.3) is 0 Å². The highest BCUT2D eigenvalue weighted by Crippen LogP contribution is 2.38. The van der Waals surface area contributed by atoms with Crippen molar-refractivity contribution in [1.29, 1.82) is 0 Å². The Bertz CT molecular complexity index is 1040. The summed E-state index contributed by atoms with van der Waals surface area (Å²) >= 11 is 2.10. The SMILES string of the molecule is COc1cc(CO)cc(I)c1OC1C=C(C(=O)NCCO)CC(N(CC2CCCCC2)C(=O)C2CCC2)C1O. The summed E-state index contributed by atoms with van der Waals surface area (Å²) in [6.45, 7) is 0.332. The molecule has 0 heterocycles. The second kappa shape index (κ2) is 14.1. The van der Waals surface area contributed by atoms with Crippen molar-refractivity contribution in [3.05, 3.63) is 32.9 Å². The number of aliphatic hydroxyl groups is 3. The Morgan fingerprint density at radius 1 is 1.10 bits per heavy atom. The van der Waals surface area contributed by atoms with Gasteiger partial charge in [0.05, 0.1) is 29.9 Å². The molecule has 0 radical (unpaired) electrons. The summed E-state index contributed by atoms with van der Waals surface area (Å²) in [5.74, 6) is 0.857. The maximum Gasteiger partial charge on any atom is 0.247 e. The lowest BCUT2D eigenvalue weighted by atomic mass is 9.81. The average molecular weight is 657 g/mol. The maximum absolute atomic E-state index is 13.8. The molecule has 3 aliphatic carbocycles. The number of ether oxygens (including phenoxy) is 2. The van der Waals surface area contributed by atoms with Gasteiger partial charge in [0.1, 0.15) is 12.2 Å². The molecule has 2 fully saturated rings. The number of benzene rings is 1. The number of hydrogen-bond acceptors (Lipinski definition) is 7. The predicted octanol–water partition coefficient (Wildman–Crippen LogP) is 2.92. The van der Waals surface area contributed by atoms with Gasteiger partial charge in [-0.2, -0.15) is 0 Å². The van der Waals surface area contributed by atoms with Crippen molar-refractivity contribution in [2.24, 2.45) is 11.8 Å². The fourth-order valence-corrected chi connectivity index (χ4v) is 6.61. The van der Waals surface area contributed by atoms with E-state index in [1.807, 2.05) is 4.90 Å².